The lowest BCUT2D eigenvalue weighted by atomic mass is 9.43. The zero-order chi connectivity index (χ0) is 31.5. The number of guanidine groups is 1. The van der Waals surface area contributed by atoms with E-state index in [0.29, 0.717) is 37.0 Å². The van der Waals surface area contributed by atoms with Crippen molar-refractivity contribution in [2.75, 3.05) is 6.54 Å². The van der Waals surface area contributed by atoms with E-state index in [1.165, 1.54) is 0 Å². The van der Waals surface area contributed by atoms with Crippen LogP contribution in [0.2, 0.25) is 0 Å². The summed E-state index contributed by atoms with van der Waals surface area (Å²) in [7, 11) is -0.545. The Morgan fingerprint density at radius 3 is 2.50 bits per heavy atom. The Morgan fingerprint density at radius 2 is 1.90 bits per heavy atom. The van der Waals surface area contributed by atoms with Gasteiger partial charge in [0.05, 0.1) is 17.6 Å². The Hall–Kier alpha value is -2.21. The van der Waals surface area contributed by atoms with E-state index in [9.17, 15) is 19.7 Å². The lowest BCUT2D eigenvalue weighted by molar-refractivity contribution is -0.525. The van der Waals surface area contributed by atoms with Gasteiger partial charge < -0.3 is 20.4 Å². The maximum atomic E-state index is 13.9. The first kappa shape index (κ1) is 34.3. The molecule has 2 bridgehead atoms. The van der Waals surface area contributed by atoms with Crippen LogP contribution in [0.5, 0.6) is 0 Å². The van der Waals surface area contributed by atoms with Crippen LogP contribution >= 0.6 is 0 Å². The number of hydrogen-bond acceptors (Lipinski definition) is 7. The highest BCUT2D eigenvalue weighted by Gasteiger charge is 2.68. The number of nitro groups is 1. The number of amides is 1. The quantitative estimate of drug-likeness (QED) is 0.0593. The predicted octanol–water partition coefficient (Wildman–Crippen LogP) is 4.45. The number of rotatable bonds is 16. The molecule has 4 aliphatic rings. The van der Waals surface area contributed by atoms with Crippen LogP contribution in [-0.4, -0.2) is 54.0 Å². The van der Waals surface area contributed by atoms with Gasteiger partial charge in [0.25, 0.3) is 5.96 Å². The van der Waals surface area contributed by atoms with Crippen LogP contribution in [-0.2, 0) is 18.9 Å². The number of hydrogen-bond donors (Lipinski definition) is 3. The monoisotopic (exact) mass is 591 g/mol. The standard InChI is InChI=1S/C30H54BN5O6/c1-9-10-13-28(4,5)23(37)16-20(12-11-14-33-27(32)35-36(39)40)26(38)34-25(15-19(2)3)31-41-24-18-21-17-22(29(21,6)7)30(24,8)42-31/h19-22,24-25H,9-18H2,1-8H3,(H,34,38)(H3,32,33,35)/t20-,21+,22+,24-,25+,30+/m1/s1. The molecule has 0 unspecified atom stereocenters. The molecule has 12 heteroatoms. The number of Topliss-reactive ketones (excluding diaryl/α,β-unsaturated/α-hetero) is 1. The molecular formula is C30H54BN5O6. The zero-order valence-corrected chi connectivity index (χ0v) is 27.0. The van der Waals surface area contributed by atoms with Gasteiger partial charge >= 0.3 is 7.12 Å². The first-order valence-corrected chi connectivity index (χ1v) is 15.9. The second kappa shape index (κ2) is 13.6. The molecule has 4 rings (SSSR count). The van der Waals surface area contributed by atoms with Crippen LogP contribution in [0.3, 0.4) is 0 Å². The minimum Gasteiger partial charge on any atom is -0.404 e. The van der Waals surface area contributed by atoms with E-state index in [1.54, 1.807) is 0 Å². The lowest BCUT2D eigenvalue weighted by Crippen LogP contribution is -2.65. The molecule has 1 saturated heterocycles. The largest absolute Gasteiger partial charge is 0.481 e. The van der Waals surface area contributed by atoms with Crippen molar-refractivity contribution >= 4 is 24.8 Å². The molecule has 6 atom stereocenters. The van der Waals surface area contributed by atoms with Crippen molar-refractivity contribution in [3.8, 4) is 0 Å². The van der Waals surface area contributed by atoms with Crippen molar-refractivity contribution in [2.45, 2.75) is 131 Å². The molecule has 11 nitrogen and oxygen atoms in total. The van der Waals surface area contributed by atoms with Crippen molar-refractivity contribution < 1.29 is 23.9 Å². The Labute approximate surface area is 252 Å². The average molecular weight is 592 g/mol. The van der Waals surface area contributed by atoms with Crippen LogP contribution in [0, 0.1) is 44.6 Å². The van der Waals surface area contributed by atoms with Gasteiger partial charge in [0.2, 0.25) is 5.91 Å². The van der Waals surface area contributed by atoms with Crippen LogP contribution < -0.4 is 16.5 Å². The van der Waals surface area contributed by atoms with Gasteiger partial charge in [-0.2, -0.15) is 0 Å². The summed E-state index contributed by atoms with van der Waals surface area (Å²) in [5, 5.41) is 13.1. The molecule has 0 aromatic rings. The smallest absolute Gasteiger partial charge is 0.404 e. The van der Waals surface area contributed by atoms with Gasteiger partial charge in [0, 0.05) is 24.3 Å². The number of ketones is 1. The number of hydrazine groups is 1. The molecule has 42 heavy (non-hydrogen) atoms. The summed E-state index contributed by atoms with van der Waals surface area (Å²) < 4.78 is 13.3. The Kier molecular flexibility index (Phi) is 11.1. The fourth-order valence-corrected chi connectivity index (χ4v) is 7.37. The zero-order valence-electron chi connectivity index (χ0n) is 27.0. The fraction of sp³-hybridized carbons (Fsp3) is 0.900. The van der Waals surface area contributed by atoms with E-state index in [1.807, 2.05) is 19.3 Å². The maximum absolute atomic E-state index is 13.9. The third-order valence-electron chi connectivity index (χ3n) is 10.3. The van der Waals surface area contributed by atoms with Crippen molar-refractivity contribution in [1.29, 1.82) is 0 Å². The number of nitrogens with two attached hydrogens (primary N) is 1. The van der Waals surface area contributed by atoms with E-state index in [2.05, 4.69) is 51.9 Å². The molecule has 0 aromatic heterocycles. The maximum Gasteiger partial charge on any atom is 0.481 e. The van der Waals surface area contributed by atoms with E-state index < -0.39 is 23.5 Å². The second-order valence-corrected chi connectivity index (χ2v) is 14.7. The van der Waals surface area contributed by atoms with Gasteiger partial charge in [0.1, 0.15) is 5.78 Å². The highest BCUT2D eigenvalue weighted by molar-refractivity contribution is 6.47. The summed E-state index contributed by atoms with van der Waals surface area (Å²) in [5.41, 5.74) is 6.68. The van der Waals surface area contributed by atoms with Crippen molar-refractivity contribution in [3.63, 3.8) is 0 Å². The van der Waals surface area contributed by atoms with Gasteiger partial charge in [-0.15, -0.1) is 0 Å². The summed E-state index contributed by atoms with van der Waals surface area (Å²) in [5.74, 6) is 0.000119. The summed E-state index contributed by atoms with van der Waals surface area (Å²) in [6.45, 7) is 17.2. The SMILES string of the molecule is CCCCC(C)(C)C(=O)C[C@@H](CCCN=C(N)N[N+](=O)[O-])C(=O)N[C@@H](CC(C)C)B1O[C@@H]2C[C@@H]3C[C@@H](C3(C)C)[C@]2(C)O1. The van der Waals surface area contributed by atoms with E-state index in [-0.39, 0.29) is 53.7 Å². The molecule has 4 N–H and O–H groups in total. The first-order valence-electron chi connectivity index (χ1n) is 15.9. The molecule has 0 spiro atoms. The highest BCUT2D eigenvalue weighted by Crippen LogP contribution is 2.65. The van der Waals surface area contributed by atoms with Gasteiger partial charge in [-0.1, -0.05) is 66.7 Å². The lowest BCUT2D eigenvalue weighted by Gasteiger charge is -2.64. The molecule has 4 fully saturated rings. The summed E-state index contributed by atoms with van der Waals surface area (Å²) in [4.78, 5) is 41.9. The average Bonchev–Trinajstić information content (AvgIpc) is 3.25. The normalized spacial score (nSPS) is 28.1. The molecule has 3 aliphatic carbocycles. The topological polar surface area (TPSA) is 158 Å². The third kappa shape index (κ3) is 7.84. The van der Waals surface area contributed by atoms with Gasteiger partial charge in [0.15, 0.2) is 5.03 Å². The number of carbonyl (C=O) groups excluding carboxylic acids is 2. The van der Waals surface area contributed by atoms with Crippen molar-refractivity contribution in [1.82, 2.24) is 10.7 Å². The minimum atomic E-state index is -0.769. The molecule has 3 saturated carbocycles. The molecule has 238 valence electrons. The summed E-state index contributed by atoms with van der Waals surface area (Å²) >= 11 is 0. The third-order valence-corrected chi connectivity index (χ3v) is 10.3. The van der Waals surface area contributed by atoms with E-state index >= 15 is 0 Å². The van der Waals surface area contributed by atoms with Crippen LogP contribution in [0.1, 0.15) is 113 Å². The molecular weight excluding hydrogens is 537 g/mol. The predicted molar refractivity (Wildman–Crippen MR) is 164 cm³/mol. The number of aliphatic imine (C=N–C) groups is 1. The fourth-order valence-electron chi connectivity index (χ4n) is 7.37. The van der Waals surface area contributed by atoms with Gasteiger partial charge in [-0.25, -0.2) is 15.1 Å². The Balaban J connectivity index is 1.73. The van der Waals surface area contributed by atoms with Crippen molar-refractivity contribution in [3.05, 3.63) is 10.1 Å². The van der Waals surface area contributed by atoms with Gasteiger partial charge in [-0.3, -0.25) is 9.59 Å². The number of unbranched alkanes of at least 4 members (excludes halogenated alkanes) is 1. The first-order chi connectivity index (χ1) is 19.5. The van der Waals surface area contributed by atoms with Gasteiger partial charge in [-0.05, 0) is 68.6 Å². The highest BCUT2D eigenvalue weighted by atomic mass is 16.7. The summed E-state index contributed by atoms with van der Waals surface area (Å²) in [6.07, 6.45) is 6.49. The van der Waals surface area contributed by atoms with E-state index in [4.69, 9.17) is 15.0 Å². The molecule has 1 heterocycles. The number of nitrogens with one attached hydrogen (secondary N) is 2. The van der Waals surface area contributed by atoms with Crippen LogP contribution in [0.25, 0.3) is 0 Å². The second-order valence-electron chi connectivity index (χ2n) is 14.7. The van der Waals surface area contributed by atoms with Crippen LogP contribution in [0.4, 0.5) is 0 Å². The molecule has 1 aliphatic heterocycles. The van der Waals surface area contributed by atoms with Crippen LogP contribution in [0.15, 0.2) is 4.99 Å². The molecule has 0 aromatic carbocycles. The van der Waals surface area contributed by atoms with Crippen molar-refractivity contribution in [2.24, 2.45) is 45.2 Å². The van der Waals surface area contributed by atoms with E-state index in [0.717, 1.165) is 32.1 Å². The number of nitrogens with zero attached hydrogens (tertiary/aromatic N) is 2. The minimum absolute atomic E-state index is 0.0127. The summed E-state index contributed by atoms with van der Waals surface area (Å²) in [6, 6.07) is 0. The Morgan fingerprint density at radius 1 is 1.21 bits per heavy atom. The number of carbonyl (C=O) groups is 2. The molecule has 0 radical (unpaired) electrons. The molecule has 1 amide bonds. The Bertz CT molecular complexity index is 1020.